The van der Waals surface area contributed by atoms with Gasteiger partial charge in [0.1, 0.15) is 6.10 Å². The van der Waals surface area contributed by atoms with Gasteiger partial charge in [-0.1, -0.05) is 35.9 Å². The highest BCUT2D eigenvalue weighted by Gasteiger charge is 2.24. The fourth-order valence-corrected chi connectivity index (χ4v) is 3.14. The number of rotatable bonds is 4. The highest BCUT2D eigenvalue weighted by atomic mass is 35.5. The minimum atomic E-state index is -0.0710. The summed E-state index contributed by atoms with van der Waals surface area (Å²) < 4.78 is 7.48. The number of fused-ring (bicyclic) bond motifs is 1. The third-order valence-electron chi connectivity index (χ3n) is 4.15. The maximum absolute atomic E-state index is 12.4. The zero-order valence-electron chi connectivity index (χ0n) is 13.3. The molecule has 1 atom stereocenters. The van der Waals surface area contributed by atoms with Gasteiger partial charge < -0.3 is 9.64 Å². The molecule has 0 N–H and O–H groups in total. The summed E-state index contributed by atoms with van der Waals surface area (Å²) in [6, 6.07) is 8.26. The van der Waals surface area contributed by atoms with Gasteiger partial charge in [-0.15, -0.1) is 0 Å². The Morgan fingerprint density at radius 2 is 2.26 bits per heavy atom. The summed E-state index contributed by atoms with van der Waals surface area (Å²) in [7, 11) is 3.59. The van der Waals surface area contributed by atoms with Crippen molar-refractivity contribution in [2.45, 2.75) is 18.9 Å². The molecule has 1 aliphatic heterocycles. The van der Waals surface area contributed by atoms with Crippen LogP contribution >= 0.6 is 11.6 Å². The molecule has 0 saturated carbocycles. The van der Waals surface area contributed by atoms with E-state index in [0.717, 1.165) is 12.0 Å². The van der Waals surface area contributed by atoms with Crippen LogP contribution in [0.5, 0.6) is 0 Å². The molecule has 1 amide bonds. The Kier molecular flexibility index (Phi) is 4.68. The van der Waals surface area contributed by atoms with E-state index < -0.39 is 0 Å². The van der Waals surface area contributed by atoms with Crippen molar-refractivity contribution in [1.82, 2.24) is 14.7 Å². The first-order valence-corrected chi connectivity index (χ1v) is 8.04. The number of carbonyl (C=O) groups excluding carboxylic acids is 1. The predicted octanol–water partition coefficient (Wildman–Crippen LogP) is 2.39. The van der Waals surface area contributed by atoms with Crippen LogP contribution in [-0.4, -0.2) is 40.8 Å². The monoisotopic (exact) mass is 333 g/mol. The van der Waals surface area contributed by atoms with E-state index in [1.54, 1.807) is 29.9 Å². The molecule has 0 aliphatic carbocycles. The van der Waals surface area contributed by atoms with Crippen LogP contribution < -0.4 is 0 Å². The number of hydrogen-bond acceptors (Lipinski definition) is 3. The van der Waals surface area contributed by atoms with Gasteiger partial charge in [-0.05, 0) is 17.5 Å². The lowest BCUT2D eigenvalue weighted by Gasteiger charge is -2.29. The average molecular weight is 334 g/mol. The molecule has 0 fully saturated rings. The quantitative estimate of drug-likeness (QED) is 0.863. The SMILES string of the molecule is CN(CC1OCCc2ccccc21)C(=O)Cc1cn(C)nc1Cl. The van der Waals surface area contributed by atoms with Gasteiger partial charge in [0.25, 0.3) is 0 Å². The summed E-state index contributed by atoms with van der Waals surface area (Å²) in [6.45, 7) is 1.23. The van der Waals surface area contributed by atoms with Gasteiger partial charge in [0, 0.05) is 25.9 Å². The maximum Gasteiger partial charge on any atom is 0.227 e. The van der Waals surface area contributed by atoms with Gasteiger partial charge >= 0.3 is 0 Å². The van der Waals surface area contributed by atoms with E-state index in [0.29, 0.717) is 18.3 Å². The smallest absolute Gasteiger partial charge is 0.227 e. The van der Waals surface area contributed by atoms with Crippen LogP contribution in [0, 0.1) is 0 Å². The van der Waals surface area contributed by atoms with E-state index in [2.05, 4.69) is 17.2 Å². The molecule has 0 spiro atoms. The van der Waals surface area contributed by atoms with Crippen LogP contribution in [0.15, 0.2) is 30.5 Å². The molecule has 3 rings (SSSR count). The summed E-state index contributed by atoms with van der Waals surface area (Å²) in [6.07, 6.45) is 2.88. The molecule has 1 aliphatic rings. The first-order valence-electron chi connectivity index (χ1n) is 7.66. The van der Waals surface area contributed by atoms with Gasteiger partial charge in [0.05, 0.1) is 19.6 Å². The van der Waals surface area contributed by atoms with E-state index in [9.17, 15) is 4.79 Å². The van der Waals surface area contributed by atoms with Crippen molar-refractivity contribution in [1.29, 1.82) is 0 Å². The number of amides is 1. The summed E-state index contributed by atoms with van der Waals surface area (Å²) in [5.74, 6) is 0.00607. The van der Waals surface area contributed by atoms with Crippen LogP contribution in [-0.2, 0) is 29.4 Å². The Bertz CT molecular complexity index is 714. The summed E-state index contributed by atoms with van der Waals surface area (Å²) >= 11 is 6.03. The molecule has 0 saturated heterocycles. The van der Waals surface area contributed by atoms with Crippen molar-refractivity contribution in [2.24, 2.45) is 7.05 Å². The summed E-state index contributed by atoms with van der Waals surface area (Å²) in [5, 5.41) is 4.44. The first kappa shape index (κ1) is 16.0. The van der Waals surface area contributed by atoms with Crippen molar-refractivity contribution >= 4 is 17.5 Å². The molecule has 5 nitrogen and oxygen atoms in total. The van der Waals surface area contributed by atoms with E-state index in [1.807, 2.05) is 12.1 Å². The molecule has 1 aromatic carbocycles. The third-order valence-corrected chi connectivity index (χ3v) is 4.47. The number of carbonyl (C=O) groups is 1. The summed E-state index contributed by atoms with van der Waals surface area (Å²) in [4.78, 5) is 14.1. The Labute approximate surface area is 140 Å². The fourth-order valence-electron chi connectivity index (χ4n) is 2.91. The van der Waals surface area contributed by atoms with Crippen molar-refractivity contribution in [3.8, 4) is 0 Å². The first-order chi connectivity index (χ1) is 11.0. The van der Waals surface area contributed by atoms with Crippen molar-refractivity contribution in [3.05, 3.63) is 52.3 Å². The number of aryl methyl sites for hydroxylation is 1. The minimum Gasteiger partial charge on any atom is -0.371 e. The number of hydrogen-bond donors (Lipinski definition) is 0. The Morgan fingerprint density at radius 1 is 1.48 bits per heavy atom. The topological polar surface area (TPSA) is 47.4 Å². The Hall–Kier alpha value is -1.85. The fraction of sp³-hybridized carbons (Fsp3) is 0.412. The van der Waals surface area contributed by atoms with Crippen molar-refractivity contribution in [2.75, 3.05) is 20.2 Å². The lowest BCUT2D eigenvalue weighted by molar-refractivity contribution is -0.131. The zero-order chi connectivity index (χ0) is 16.4. The standard InChI is InChI=1S/C17H20ClN3O2/c1-20(16(22)9-13-10-21(2)19-17(13)18)11-15-14-6-4-3-5-12(14)7-8-23-15/h3-6,10,15H,7-9,11H2,1-2H3. The largest absolute Gasteiger partial charge is 0.371 e. The number of nitrogens with zero attached hydrogens (tertiary/aromatic N) is 3. The molecule has 2 aromatic rings. The number of likely N-dealkylation sites (N-methyl/N-ethyl adjacent to an activating group) is 1. The molecule has 0 bridgehead atoms. The molecular weight excluding hydrogens is 314 g/mol. The molecule has 2 heterocycles. The second-order valence-corrected chi connectivity index (χ2v) is 6.24. The van der Waals surface area contributed by atoms with E-state index >= 15 is 0 Å². The van der Waals surface area contributed by atoms with Gasteiger partial charge in [-0.25, -0.2) is 0 Å². The molecular formula is C17H20ClN3O2. The molecule has 6 heteroatoms. The predicted molar refractivity (Wildman–Crippen MR) is 88.4 cm³/mol. The third kappa shape index (κ3) is 3.57. The lowest BCUT2D eigenvalue weighted by atomic mass is 9.97. The number of halogens is 1. The second kappa shape index (κ2) is 6.72. The van der Waals surface area contributed by atoms with Crippen LogP contribution in [0.3, 0.4) is 0 Å². The van der Waals surface area contributed by atoms with Gasteiger partial charge in [0.2, 0.25) is 5.91 Å². The van der Waals surface area contributed by atoms with E-state index in [4.69, 9.17) is 16.3 Å². The highest BCUT2D eigenvalue weighted by Crippen LogP contribution is 2.27. The van der Waals surface area contributed by atoms with Crippen LogP contribution in [0.25, 0.3) is 0 Å². The van der Waals surface area contributed by atoms with Crippen molar-refractivity contribution < 1.29 is 9.53 Å². The zero-order valence-corrected chi connectivity index (χ0v) is 14.1. The molecule has 23 heavy (non-hydrogen) atoms. The van der Waals surface area contributed by atoms with Gasteiger partial charge in [-0.2, -0.15) is 5.10 Å². The lowest BCUT2D eigenvalue weighted by Crippen LogP contribution is -2.34. The normalized spacial score (nSPS) is 16.9. The Morgan fingerprint density at radius 3 is 3.00 bits per heavy atom. The van der Waals surface area contributed by atoms with Crippen LogP contribution in [0.2, 0.25) is 5.15 Å². The minimum absolute atomic E-state index is 0.00607. The van der Waals surface area contributed by atoms with Crippen molar-refractivity contribution in [3.63, 3.8) is 0 Å². The van der Waals surface area contributed by atoms with Crippen LogP contribution in [0.1, 0.15) is 22.8 Å². The van der Waals surface area contributed by atoms with Gasteiger partial charge in [0.15, 0.2) is 5.15 Å². The Balaban J connectivity index is 1.66. The van der Waals surface area contributed by atoms with E-state index in [1.165, 1.54) is 11.1 Å². The number of benzene rings is 1. The average Bonchev–Trinajstić information content (AvgIpc) is 2.85. The number of aromatic nitrogens is 2. The van der Waals surface area contributed by atoms with E-state index in [-0.39, 0.29) is 18.4 Å². The highest BCUT2D eigenvalue weighted by molar-refractivity contribution is 6.30. The molecule has 0 radical (unpaired) electrons. The molecule has 1 unspecified atom stereocenters. The molecule has 122 valence electrons. The maximum atomic E-state index is 12.4. The second-order valence-electron chi connectivity index (χ2n) is 5.88. The molecule has 1 aromatic heterocycles. The number of ether oxygens (including phenoxy) is 1. The summed E-state index contributed by atoms with van der Waals surface area (Å²) in [5.41, 5.74) is 3.23. The van der Waals surface area contributed by atoms with Crippen LogP contribution in [0.4, 0.5) is 0 Å². The van der Waals surface area contributed by atoms with Gasteiger partial charge in [-0.3, -0.25) is 9.48 Å².